The molecule has 1 fully saturated rings. The van der Waals surface area contributed by atoms with Gasteiger partial charge in [0.25, 0.3) is 0 Å². The maximum Gasteiger partial charge on any atom is 0.235 e. The van der Waals surface area contributed by atoms with Gasteiger partial charge in [-0.05, 0) is 55.0 Å². The molecule has 0 spiro atoms. The fourth-order valence-electron chi connectivity index (χ4n) is 5.39. The van der Waals surface area contributed by atoms with Crippen LogP contribution >= 0.6 is 0 Å². The highest BCUT2D eigenvalue weighted by molar-refractivity contribution is 6.02. The SMILES string of the molecule is Cc1cccc(CN2CC[C@@H](C3(c4ccccc4)Cc4ccccc4NC3=O)C2)c1. The van der Waals surface area contributed by atoms with Crippen molar-refractivity contribution in [3.05, 3.63) is 101 Å². The summed E-state index contributed by atoms with van der Waals surface area (Å²) in [5.41, 5.74) is 5.47. The van der Waals surface area contributed by atoms with Crippen LogP contribution in [0.2, 0.25) is 0 Å². The van der Waals surface area contributed by atoms with Gasteiger partial charge in [0.15, 0.2) is 0 Å². The normalized spacial score (nSPS) is 23.8. The number of nitrogens with one attached hydrogen (secondary N) is 1. The summed E-state index contributed by atoms with van der Waals surface area (Å²) < 4.78 is 0. The molecular formula is C27H28N2O. The van der Waals surface area contributed by atoms with E-state index < -0.39 is 5.41 Å². The molecule has 1 amide bonds. The Balaban J connectivity index is 1.47. The van der Waals surface area contributed by atoms with Crippen molar-refractivity contribution >= 4 is 11.6 Å². The zero-order valence-corrected chi connectivity index (χ0v) is 17.5. The minimum absolute atomic E-state index is 0.148. The Morgan fingerprint density at radius 3 is 2.63 bits per heavy atom. The predicted octanol–water partition coefficient (Wildman–Crippen LogP) is 4.95. The molecule has 5 rings (SSSR count). The van der Waals surface area contributed by atoms with Gasteiger partial charge >= 0.3 is 0 Å². The average Bonchev–Trinajstić information content (AvgIpc) is 3.22. The summed E-state index contributed by atoms with van der Waals surface area (Å²) in [5.74, 6) is 0.438. The number of anilines is 1. The summed E-state index contributed by atoms with van der Waals surface area (Å²) in [6.45, 7) is 5.06. The molecule has 3 aromatic carbocycles. The number of hydrogen-bond acceptors (Lipinski definition) is 2. The first-order valence-electron chi connectivity index (χ1n) is 10.9. The highest BCUT2D eigenvalue weighted by atomic mass is 16.2. The zero-order valence-electron chi connectivity index (χ0n) is 17.5. The Bertz CT molecular complexity index is 1060. The Labute approximate surface area is 178 Å². The van der Waals surface area contributed by atoms with Gasteiger partial charge in [0.05, 0.1) is 5.41 Å². The van der Waals surface area contributed by atoms with Crippen LogP contribution in [0.5, 0.6) is 0 Å². The molecule has 3 aromatic rings. The molecule has 30 heavy (non-hydrogen) atoms. The monoisotopic (exact) mass is 396 g/mol. The quantitative estimate of drug-likeness (QED) is 0.677. The van der Waals surface area contributed by atoms with E-state index in [4.69, 9.17) is 0 Å². The van der Waals surface area contributed by atoms with E-state index in [9.17, 15) is 4.79 Å². The molecule has 2 atom stereocenters. The smallest absolute Gasteiger partial charge is 0.235 e. The molecule has 0 bridgehead atoms. The molecular weight excluding hydrogens is 368 g/mol. The number of fused-ring (bicyclic) bond motifs is 1. The topological polar surface area (TPSA) is 32.3 Å². The Morgan fingerprint density at radius 1 is 1.00 bits per heavy atom. The van der Waals surface area contributed by atoms with Gasteiger partial charge in [-0.25, -0.2) is 0 Å². The van der Waals surface area contributed by atoms with Crippen molar-refractivity contribution in [3.63, 3.8) is 0 Å². The van der Waals surface area contributed by atoms with Crippen LogP contribution in [0.1, 0.15) is 28.7 Å². The number of hydrogen-bond donors (Lipinski definition) is 1. The lowest BCUT2D eigenvalue weighted by molar-refractivity contribution is -0.124. The van der Waals surface area contributed by atoms with Crippen molar-refractivity contribution in [2.75, 3.05) is 18.4 Å². The number of amides is 1. The number of likely N-dealkylation sites (tertiary alicyclic amines) is 1. The second-order valence-electron chi connectivity index (χ2n) is 8.84. The summed E-state index contributed by atoms with van der Waals surface area (Å²) >= 11 is 0. The first-order chi connectivity index (χ1) is 14.6. The number of nitrogens with zero attached hydrogens (tertiary/aromatic N) is 1. The van der Waals surface area contributed by atoms with Crippen LogP contribution in [-0.4, -0.2) is 23.9 Å². The van der Waals surface area contributed by atoms with Gasteiger partial charge < -0.3 is 5.32 Å². The highest BCUT2D eigenvalue weighted by Crippen LogP contribution is 2.45. The highest BCUT2D eigenvalue weighted by Gasteiger charge is 2.51. The van der Waals surface area contributed by atoms with E-state index in [1.54, 1.807) is 0 Å². The Kier molecular flexibility index (Phi) is 4.92. The van der Waals surface area contributed by atoms with E-state index in [1.165, 1.54) is 16.7 Å². The van der Waals surface area contributed by atoms with Crippen LogP contribution < -0.4 is 5.32 Å². The van der Waals surface area contributed by atoms with E-state index in [2.05, 4.69) is 77.8 Å². The lowest BCUT2D eigenvalue weighted by Gasteiger charge is -2.42. The molecule has 1 saturated heterocycles. The van der Waals surface area contributed by atoms with Gasteiger partial charge in [0.1, 0.15) is 0 Å². The summed E-state index contributed by atoms with van der Waals surface area (Å²) in [4.78, 5) is 16.2. The number of benzene rings is 3. The molecule has 0 aliphatic carbocycles. The lowest BCUT2D eigenvalue weighted by atomic mass is 9.64. The predicted molar refractivity (Wildman–Crippen MR) is 121 cm³/mol. The molecule has 3 nitrogen and oxygen atoms in total. The number of carbonyl (C=O) groups excluding carboxylic acids is 1. The number of rotatable bonds is 4. The second-order valence-corrected chi connectivity index (χ2v) is 8.84. The molecule has 1 N–H and O–H groups in total. The summed E-state index contributed by atoms with van der Waals surface area (Å²) in [7, 11) is 0. The largest absolute Gasteiger partial charge is 0.325 e. The van der Waals surface area contributed by atoms with Crippen molar-refractivity contribution in [3.8, 4) is 0 Å². The first kappa shape index (κ1) is 19.1. The minimum atomic E-state index is -0.517. The fraction of sp³-hybridized carbons (Fsp3) is 0.296. The Hall–Kier alpha value is -2.91. The van der Waals surface area contributed by atoms with Crippen LogP contribution in [0.25, 0.3) is 0 Å². The number of para-hydroxylation sites is 1. The molecule has 3 heteroatoms. The molecule has 152 valence electrons. The van der Waals surface area contributed by atoms with E-state index >= 15 is 0 Å². The number of carbonyl (C=O) groups is 1. The van der Waals surface area contributed by atoms with E-state index in [1.807, 2.05) is 18.2 Å². The molecule has 2 heterocycles. The zero-order chi connectivity index (χ0) is 20.6. The van der Waals surface area contributed by atoms with Crippen LogP contribution in [0.15, 0.2) is 78.9 Å². The van der Waals surface area contributed by atoms with Crippen LogP contribution in [0, 0.1) is 12.8 Å². The molecule has 2 aliphatic rings. The molecule has 0 saturated carbocycles. The number of aryl methyl sites for hydroxylation is 1. The average molecular weight is 397 g/mol. The van der Waals surface area contributed by atoms with Crippen molar-refractivity contribution in [2.24, 2.45) is 5.92 Å². The van der Waals surface area contributed by atoms with Gasteiger partial charge in [0, 0.05) is 18.8 Å². The molecule has 1 unspecified atom stereocenters. The van der Waals surface area contributed by atoms with Crippen molar-refractivity contribution in [1.82, 2.24) is 4.90 Å². The third-order valence-electron chi connectivity index (χ3n) is 6.89. The van der Waals surface area contributed by atoms with Crippen LogP contribution in [0.4, 0.5) is 5.69 Å². The summed E-state index contributed by atoms with van der Waals surface area (Å²) in [6, 6.07) is 27.4. The van der Waals surface area contributed by atoms with E-state index in [0.29, 0.717) is 0 Å². The third-order valence-corrected chi connectivity index (χ3v) is 6.89. The van der Waals surface area contributed by atoms with Gasteiger partial charge in [-0.3, -0.25) is 9.69 Å². The molecule has 0 radical (unpaired) electrons. The lowest BCUT2D eigenvalue weighted by Crippen LogP contribution is -2.51. The van der Waals surface area contributed by atoms with Gasteiger partial charge in [-0.1, -0.05) is 78.4 Å². The Morgan fingerprint density at radius 2 is 1.80 bits per heavy atom. The van der Waals surface area contributed by atoms with E-state index in [0.717, 1.165) is 43.7 Å². The van der Waals surface area contributed by atoms with Crippen LogP contribution in [-0.2, 0) is 23.2 Å². The molecule has 2 aliphatic heterocycles. The summed E-state index contributed by atoms with van der Waals surface area (Å²) in [5, 5.41) is 3.24. The van der Waals surface area contributed by atoms with Gasteiger partial charge in [-0.2, -0.15) is 0 Å². The van der Waals surface area contributed by atoms with Gasteiger partial charge in [-0.15, -0.1) is 0 Å². The minimum Gasteiger partial charge on any atom is -0.325 e. The van der Waals surface area contributed by atoms with Gasteiger partial charge in [0.2, 0.25) is 5.91 Å². The van der Waals surface area contributed by atoms with Crippen LogP contribution in [0.3, 0.4) is 0 Å². The molecule has 0 aromatic heterocycles. The van der Waals surface area contributed by atoms with Crippen molar-refractivity contribution in [2.45, 2.75) is 31.7 Å². The second kappa shape index (κ2) is 7.73. The van der Waals surface area contributed by atoms with E-state index in [-0.39, 0.29) is 11.8 Å². The first-order valence-corrected chi connectivity index (χ1v) is 10.9. The standard InChI is InChI=1S/C27H28N2O/c1-20-8-7-9-21(16-20)18-29-15-14-24(19-29)27(23-11-3-2-4-12-23)17-22-10-5-6-13-25(22)28-26(27)30/h2-13,16,24H,14-15,17-19H2,1H3,(H,28,30)/t24-,27?/m1/s1. The maximum atomic E-state index is 13.6. The maximum absolute atomic E-state index is 13.6. The van der Waals surface area contributed by atoms with Crippen molar-refractivity contribution in [1.29, 1.82) is 0 Å². The van der Waals surface area contributed by atoms with Crippen molar-refractivity contribution < 1.29 is 4.79 Å². The summed E-state index contributed by atoms with van der Waals surface area (Å²) in [6.07, 6.45) is 1.80. The fourth-order valence-corrected chi connectivity index (χ4v) is 5.39. The third kappa shape index (κ3) is 3.33.